The molecular formula is C20H22FN5O2. The Morgan fingerprint density at radius 1 is 1.25 bits per heavy atom. The summed E-state index contributed by atoms with van der Waals surface area (Å²) >= 11 is 0. The van der Waals surface area contributed by atoms with Crippen LogP contribution in [0.2, 0.25) is 0 Å². The molecule has 0 aliphatic carbocycles. The first kappa shape index (κ1) is 18.2. The van der Waals surface area contributed by atoms with Crippen molar-refractivity contribution in [2.45, 2.75) is 46.2 Å². The predicted molar refractivity (Wildman–Crippen MR) is 102 cm³/mol. The number of hydrogen-bond acceptors (Lipinski definition) is 3. The fourth-order valence-corrected chi connectivity index (χ4v) is 4.10. The smallest absolute Gasteiger partial charge is 0.331 e. The molecule has 7 nitrogen and oxygen atoms in total. The van der Waals surface area contributed by atoms with Gasteiger partial charge in [0.1, 0.15) is 11.6 Å². The van der Waals surface area contributed by atoms with E-state index in [0.29, 0.717) is 29.1 Å². The van der Waals surface area contributed by atoms with Gasteiger partial charge in [-0.2, -0.15) is 5.10 Å². The Bertz CT molecular complexity index is 1100. The van der Waals surface area contributed by atoms with Crippen LogP contribution in [0.25, 0.3) is 11.5 Å². The van der Waals surface area contributed by atoms with Crippen molar-refractivity contribution < 1.29 is 9.18 Å². The number of fused-ring (bicyclic) bond motifs is 1. The van der Waals surface area contributed by atoms with Gasteiger partial charge in [0.05, 0.1) is 17.4 Å². The molecule has 146 valence electrons. The summed E-state index contributed by atoms with van der Waals surface area (Å²) in [5, 5.41) is 4.78. The second-order valence-electron chi connectivity index (χ2n) is 7.41. The summed E-state index contributed by atoms with van der Waals surface area (Å²) in [5.74, 6) is 0.313. The zero-order valence-electron chi connectivity index (χ0n) is 16.2. The third-order valence-electron chi connectivity index (χ3n) is 5.50. The number of hydrogen-bond donors (Lipinski definition) is 1. The fraction of sp³-hybridized carbons (Fsp3) is 0.350. The molecule has 2 atom stereocenters. The van der Waals surface area contributed by atoms with Crippen LogP contribution in [0.15, 0.2) is 29.3 Å². The van der Waals surface area contributed by atoms with Crippen molar-refractivity contribution in [3.05, 3.63) is 63.2 Å². The van der Waals surface area contributed by atoms with Gasteiger partial charge in [0.25, 0.3) is 0 Å². The number of halogens is 1. The van der Waals surface area contributed by atoms with E-state index in [0.717, 1.165) is 17.7 Å². The molecule has 0 saturated carbocycles. The zero-order valence-corrected chi connectivity index (χ0v) is 16.2. The molecule has 1 N–H and O–H groups in total. The lowest BCUT2D eigenvalue weighted by Gasteiger charge is -2.35. The minimum absolute atomic E-state index is 0.00385. The number of benzene rings is 1. The Kier molecular flexibility index (Phi) is 4.21. The van der Waals surface area contributed by atoms with Crippen LogP contribution in [0.4, 0.5) is 4.39 Å². The number of H-pyrrole nitrogens is 1. The molecule has 2 aromatic heterocycles. The van der Waals surface area contributed by atoms with E-state index < -0.39 is 0 Å². The zero-order chi connectivity index (χ0) is 20.2. The molecule has 0 saturated heterocycles. The quantitative estimate of drug-likeness (QED) is 0.707. The fourth-order valence-electron chi connectivity index (χ4n) is 4.10. The Hall–Kier alpha value is -3.16. The van der Waals surface area contributed by atoms with E-state index in [1.54, 1.807) is 48.0 Å². The second kappa shape index (κ2) is 6.47. The number of aryl methyl sites for hydroxylation is 2. The molecule has 1 aromatic carbocycles. The van der Waals surface area contributed by atoms with Crippen molar-refractivity contribution in [3.8, 4) is 11.5 Å². The number of carbonyl (C=O) groups excluding carboxylic acids is 1. The summed E-state index contributed by atoms with van der Waals surface area (Å²) in [4.78, 5) is 28.4. The molecule has 4 rings (SSSR count). The largest absolute Gasteiger partial charge is 0.335 e. The number of aromatic nitrogens is 4. The molecular weight excluding hydrogens is 361 g/mol. The van der Waals surface area contributed by atoms with Crippen molar-refractivity contribution in [2.75, 3.05) is 0 Å². The Morgan fingerprint density at radius 2 is 1.93 bits per heavy atom. The van der Waals surface area contributed by atoms with Crippen LogP contribution < -0.4 is 5.69 Å². The van der Waals surface area contributed by atoms with Gasteiger partial charge in [0.15, 0.2) is 0 Å². The lowest BCUT2D eigenvalue weighted by Crippen LogP contribution is -2.40. The lowest BCUT2D eigenvalue weighted by molar-refractivity contribution is -0.122. The number of amides is 1. The van der Waals surface area contributed by atoms with E-state index in [1.807, 2.05) is 13.8 Å². The number of carbonyl (C=O) groups is 1. The Balaban J connectivity index is 2.04. The maximum absolute atomic E-state index is 14.2. The molecule has 8 heteroatoms. The molecule has 0 unspecified atom stereocenters. The van der Waals surface area contributed by atoms with E-state index in [9.17, 15) is 14.0 Å². The molecule has 3 heterocycles. The highest BCUT2D eigenvalue weighted by Crippen LogP contribution is 2.36. The number of nitrogens with one attached hydrogen (secondary N) is 1. The van der Waals surface area contributed by atoms with E-state index in [2.05, 4.69) is 4.98 Å². The minimum Gasteiger partial charge on any atom is -0.335 e. The van der Waals surface area contributed by atoms with E-state index in [-0.39, 0.29) is 23.6 Å². The summed E-state index contributed by atoms with van der Waals surface area (Å²) in [6.45, 7) is 7.31. The first-order valence-corrected chi connectivity index (χ1v) is 9.21. The molecule has 3 aromatic rings. The topological polar surface area (TPSA) is 75.9 Å². The molecule has 0 radical (unpaired) electrons. The van der Waals surface area contributed by atoms with Crippen molar-refractivity contribution in [1.82, 2.24) is 24.2 Å². The second-order valence-corrected chi connectivity index (χ2v) is 7.41. The molecule has 1 aliphatic rings. The predicted octanol–water partition coefficient (Wildman–Crippen LogP) is 2.57. The van der Waals surface area contributed by atoms with Gasteiger partial charge in [-0.15, -0.1) is 0 Å². The van der Waals surface area contributed by atoms with Gasteiger partial charge in [-0.1, -0.05) is 0 Å². The van der Waals surface area contributed by atoms with Crippen molar-refractivity contribution in [1.29, 1.82) is 0 Å². The number of rotatable bonds is 3. The van der Waals surface area contributed by atoms with Gasteiger partial charge in [0, 0.05) is 30.4 Å². The van der Waals surface area contributed by atoms with Crippen LogP contribution in [0.1, 0.15) is 42.3 Å². The van der Waals surface area contributed by atoms with Gasteiger partial charge in [-0.05, 0) is 51.0 Å². The van der Waals surface area contributed by atoms with Crippen molar-refractivity contribution in [3.63, 3.8) is 0 Å². The van der Waals surface area contributed by atoms with E-state index in [1.165, 1.54) is 4.57 Å². The average molecular weight is 383 g/mol. The summed E-state index contributed by atoms with van der Waals surface area (Å²) < 4.78 is 17.3. The van der Waals surface area contributed by atoms with Crippen LogP contribution in [0, 0.1) is 19.7 Å². The summed E-state index contributed by atoms with van der Waals surface area (Å²) in [6.07, 6.45) is 4.61. The highest BCUT2D eigenvalue weighted by molar-refractivity contribution is 5.56. The molecule has 0 bridgehead atoms. The summed E-state index contributed by atoms with van der Waals surface area (Å²) in [7, 11) is 0. The molecule has 1 aliphatic heterocycles. The molecule has 1 amide bonds. The average Bonchev–Trinajstić information content (AvgIpc) is 3.22. The highest BCUT2D eigenvalue weighted by atomic mass is 19.1. The van der Waals surface area contributed by atoms with Crippen LogP contribution >= 0.6 is 0 Å². The maximum atomic E-state index is 14.2. The maximum Gasteiger partial charge on any atom is 0.331 e. The lowest BCUT2D eigenvalue weighted by atomic mass is 9.95. The summed E-state index contributed by atoms with van der Waals surface area (Å²) in [5.41, 5.74) is 3.04. The van der Waals surface area contributed by atoms with Gasteiger partial charge in [-0.3, -0.25) is 9.36 Å². The van der Waals surface area contributed by atoms with E-state index in [4.69, 9.17) is 5.10 Å². The van der Waals surface area contributed by atoms with Gasteiger partial charge >= 0.3 is 5.69 Å². The highest BCUT2D eigenvalue weighted by Gasteiger charge is 2.35. The number of aromatic amines is 1. The van der Waals surface area contributed by atoms with Crippen molar-refractivity contribution in [2.24, 2.45) is 0 Å². The third kappa shape index (κ3) is 2.59. The van der Waals surface area contributed by atoms with Gasteiger partial charge < -0.3 is 9.88 Å². The van der Waals surface area contributed by atoms with Crippen LogP contribution in [-0.4, -0.2) is 36.7 Å². The van der Waals surface area contributed by atoms with Crippen molar-refractivity contribution >= 4 is 6.41 Å². The molecule has 28 heavy (non-hydrogen) atoms. The van der Waals surface area contributed by atoms with Crippen LogP contribution in [-0.2, 0) is 11.2 Å². The first-order chi connectivity index (χ1) is 13.3. The SMILES string of the molecule is Cc1cc(-n2nc3c(c2-n2cc[nH]c2=O)[C@H](C)N(C=O)[C@H](C)C3)cc(C)c1F. The van der Waals surface area contributed by atoms with Gasteiger partial charge in [-0.25, -0.2) is 13.9 Å². The Morgan fingerprint density at radius 3 is 2.50 bits per heavy atom. The Labute approximate surface area is 161 Å². The monoisotopic (exact) mass is 383 g/mol. The number of nitrogens with zero attached hydrogens (tertiary/aromatic N) is 4. The van der Waals surface area contributed by atoms with Gasteiger partial charge in [0.2, 0.25) is 6.41 Å². The van der Waals surface area contributed by atoms with E-state index >= 15 is 0 Å². The minimum atomic E-state index is -0.303. The first-order valence-electron chi connectivity index (χ1n) is 9.21. The number of imidazole rings is 1. The normalized spacial score (nSPS) is 19.0. The third-order valence-corrected chi connectivity index (χ3v) is 5.50. The standard InChI is InChI=1S/C20H22FN5O2/c1-11-7-15(8-12(2)18(11)21)26-19(24-6-5-22-20(24)28)17-14(4)25(10-27)13(3)9-16(17)23-26/h5-8,10,13-14H,9H2,1-4H3,(H,22,28)/t13-,14+/m1/s1. The van der Waals surface area contributed by atoms with Crippen LogP contribution in [0.3, 0.4) is 0 Å². The summed E-state index contributed by atoms with van der Waals surface area (Å²) in [6, 6.07) is 3.18. The molecule has 0 fully saturated rings. The van der Waals surface area contributed by atoms with Crippen LogP contribution in [0.5, 0.6) is 0 Å². The molecule has 0 spiro atoms.